The molecule has 0 amide bonds. The van der Waals surface area contributed by atoms with Crippen LogP contribution >= 0.6 is 39.7 Å². The van der Waals surface area contributed by atoms with E-state index in [1.807, 2.05) is 41.4 Å². The molecule has 0 spiro atoms. The summed E-state index contributed by atoms with van der Waals surface area (Å²) in [6, 6.07) is 21.0. The number of halogens is 2. The minimum Gasteiger partial charge on any atom is -0.231 e. The van der Waals surface area contributed by atoms with E-state index >= 15 is 0 Å². The standard InChI is InChI=1S/C22H16FN3S2.BrH/c23-17-10-8-16(9-11-17)20-13-18(21-7-4-12-27-21)25-26(20)22-24-19(14-28-22)15-5-2-1-3-6-15;/h1-12,14,20H,13H2;1H. The number of thiophene rings is 1. The molecule has 7 heteroatoms. The summed E-state index contributed by atoms with van der Waals surface area (Å²) >= 11 is 3.26. The van der Waals surface area contributed by atoms with Crippen LogP contribution in [0, 0.1) is 5.82 Å². The highest BCUT2D eigenvalue weighted by Crippen LogP contribution is 2.39. The molecule has 1 unspecified atom stereocenters. The summed E-state index contributed by atoms with van der Waals surface area (Å²) in [5.74, 6) is -0.228. The fourth-order valence-electron chi connectivity index (χ4n) is 3.33. The summed E-state index contributed by atoms with van der Waals surface area (Å²) in [6.07, 6.45) is 0.770. The van der Waals surface area contributed by atoms with Crippen molar-refractivity contribution in [3.8, 4) is 11.3 Å². The van der Waals surface area contributed by atoms with Crippen LogP contribution in [0.3, 0.4) is 0 Å². The largest absolute Gasteiger partial charge is 0.231 e. The van der Waals surface area contributed by atoms with E-state index in [-0.39, 0.29) is 28.8 Å². The third-order valence-electron chi connectivity index (χ3n) is 4.73. The van der Waals surface area contributed by atoms with Crippen LogP contribution in [0.4, 0.5) is 9.52 Å². The number of hydrogen-bond acceptors (Lipinski definition) is 5. The van der Waals surface area contributed by atoms with Crippen LogP contribution in [0.25, 0.3) is 11.3 Å². The van der Waals surface area contributed by atoms with Crippen molar-refractivity contribution in [3.05, 3.63) is 93.7 Å². The van der Waals surface area contributed by atoms with Gasteiger partial charge in [-0.05, 0) is 29.1 Å². The van der Waals surface area contributed by atoms with E-state index in [4.69, 9.17) is 10.1 Å². The number of rotatable bonds is 4. The van der Waals surface area contributed by atoms with E-state index in [1.165, 1.54) is 12.1 Å². The van der Waals surface area contributed by atoms with Crippen molar-refractivity contribution in [3.63, 3.8) is 0 Å². The van der Waals surface area contributed by atoms with Crippen LogP contribution in [0.2, 0.25) is 0 Å². The minimum atomic E-state index is -0.228. The van der Waals surface area contributed by atoms with Crippen molar-refractivity contribution in [2.24, 2.45) is 5.10 Å². The Kier molecular flexibility index (Phi) is 5.89. The fourth-order valence-corrected chi connectivity index (χ4v) is 4.89. The van der Waals surface area contributed by atoms with E-state index in [9.17, 15) is 4.39 Å². The first-order valence-corrected chi connectivity index (χ1v) is 10.7. The molecule has 1 aliphatic rings. The molecule has 0 saturated heterocycles. The number of hydrogen-bond donors (Lipinski definition) is 0. The van der Waals surface area contributed by atoms with Gasteiger partial charge in [0.25, 0.3) is 0 Å². The van der Waals surface area contributed by atoms with Crippen LogP contribution in [-0.4, -0.2) is 10.7 Å². The normalized spacial score (nSPS) is 15.8. The zero-order chi connectivity index (χ0) is 18.9. The first-order valence-electron chi connectivity index (χ1n) is 8.95. The summed E-state index contributed by atoms with van der Waals surface area (Å²) in [5, 5.41) is 11.9. The lowest BCUT2D eigenvalue weighted by molar-refractivity contribution is 0.624. The van der Waals surface area contributed by atoms with Gasteiger partial charge in [-0.2, -0.15) is 5.10 Å². The number of nitrogens with zero attached hydrogens (tertiary/aromatic N) is 3. The Morgan fingerprint density at radius 2 is 1.72 bits per heavy atom. The molecule has 1 atom stereocenters. The molecule has 0 bridgehead atoms. The second-order valence-corrected chi connectivity index (χ2v) is 8.31. The summed E-state index contributed by atoms with van der Waals surface area (Å²) in [6.45, 7) is 0. The lowest BCUT2D eigenvalue weighted by atomic mass is 10.0. The molecule has 0 N–H and O–H groups in total. The van der Waals surface area contributed by atoms with E-state index in [0.717, 1.165) is 39.0 Å². The molecule has 146 valence electrons. The van der Waals surface area contributed by atoms with Gasteiger partial charge in [0.1, 0.15) is 5.82 Å². The maximum absolute atomic E-state index is 13.4. The number of anilines is 1. The van der Waals surface area contributed by atoms with Crippen molar-refractivity contribution in [1.82, 2.24) is 4.98 Å². The van der Waals surface area contributed by atoms with Crippen LogP contribution in [0.15, 0.2) is 82.6 Å². The van der Waals surface area contributed by atoms with Crippen LogP contribution in [0.1, 0.15) is 22.9 Å². The zero-order valence-corrected chi connectivity index (χ0v) is 18.6. The molecule has 29 heavy (non-hydrogen) atoms. The molecule has 4 aromatic rings. The van der Waals surface area contributed by atoms with Crippen LogP contribution in [-0.2, 0) is 0 Å². The molecule has 0 aliphatic carbocycles. The molecular formula is C22H17BrFN3S2. The lowest BCUT2D eigenvalue weighted by Gasteiger charge is -2.21. The Labute approximate surface area is 186 Å². The van der Waals surface area contributed by atoms with E-state index in [2.05, 4.69) is 29.0 Å². The van der Waals surface area contributed by atoms with Gasteiger partial charge in [0.05, 0.1) is 22.3 Å². The minimum absolute atomic E-state index is 0. The highest BCUT2D eigenvalue weighted by Gasteiger charge is 2.32. The summed E-state index contributed by atoms with van der Waals surface area (Å²) in [7, 11) is 0. The molecule has 1 aliphatic heterocycles. The lowest BCUT2D eigenvalue weighted by Crippen LogP contribution is -2.18. The van der Waals surface area contributed by atoms with Crippen molar-refractivity contribution in [2.45, 2.75) is 12.5 Å². The zero-order valence-electron chi connectivity index (χ0n) is 15.2. The maximum Gasteiger partial charge on any atom is 0.207 e. The molecule has 2 aromatic heterocycles. The van der Waals surface area contributed by atoms with Gasteiger partial charge in [-0.3, -0.25) is 0 Å². The van der Waals surface area contributed by atoms with Crippen molar-refractivity contribution in [2.75, 3.05) is 5.01 Å². The molecule has 5 rings (SSSR count). The molecule has 3 heterocycles. The summed E-state index contributed by atoms with van der Waals surface area (Å²) in [5.41, 5.74) is 4.11. The Morgan fingerprint density at radius 1 is 0.931 bits per heavy atom. The maximum atomic E-state index is 13.4. The van der Waals surface area contributed by atoms with E-state index in [0.29, 0.717) is 0 Å². The van der Waals surface area contributed by atoms with Crippen LogP contribution in [0.5, 0.6) is 0 Å². The summed E-state index contributed by atoms with van der Waals surface area (Å²) < 4.78 is 13.4. The third-order valence-corrected chi connectivity index (χ3v) is 6.48. The third kappa shape index (κ3) is 4.03. The van der Waals surface area contributed by atoms with Gasteiger partial charge in [0.15, 0.2) is 0 Å². The average Bonchev–Trinajstić information content (AvgIpc) is 3.48. The molecule has 3 nitrogen and oxygen atoms in total. The number of hydrazone groups is 1. The van der Waals surface area contributed by atoms with Gasteiger partial charge in [-0.1, -0.05) is 48.5 Å². The highest BCUT2D eigenvalue weighted by molar-refractivity contribution is 8.93. The van der Waals surface area contributed by atoms with Crippen LogP contribution < -0.4 is 5.01 Å². The van der Waals surface area contributed by atoms with Crippen molar-refractivity contribution < 1.29 is 4.39 Å². The first kappa shape index (κ1) is 19.9. The van der Waals surface area contributed by atoms with Crippen molar-refractivity contribution in [1.29, 1.82) is 0 Å². The fraction of sp³-hybridized carbons (Fsp3) is 0.0909. The summed E-state index contributed by atoms with van der Waals surface area (Å²) in [4.78, 5) is 6.00. The topological polar surface area (TPSA) is 28.5 Å². The van der Waals surface area contributed by atoms with Gasteiger partial charge in [0.2, 0.25) is 5.13 Å². The molecule has 0 radical (unpaired) electrons. The van der Waals surface area contributed by atoms with Gasteiger partial charge < -0.3 is 0 Å². The highest BCUT2D eigenvalue weighted by atomic mass is 79.9. The second-order valence-electron chi connectivity index (χ2n) is 6.52. The monoisotopic (exact) mass is 485 g/mol. The number of aromatic nitrogens is 1. The van der Waals surface area contributed by atoms with E-state index < -0.39 is 0 Å². The molecule has 0 saturated carbocycles. The Balaban J connectivity index is 0.00000205. The Hall–Kier alpha value is -2.35. The molecule has 2 aromatic carbocycles. The van der Waals surface area contributed by atoms with Gasteiger partial charge in [-0.25, -0.2) is 14.4 Å². The van der Waals surface area contributed by atoms with Gasteiger partial charge >= 0.3 is 0 Å². The van der Waals surface area contributed by atoms with Crippen molar-refractivity contribution >= 4 is 50.5 Å². The van der Waals surface area contributed by atoms with Gasteiger partial charge in [0, 0.05) is 17.4 Å². The van der Waals surface area contributed by atoms with E-state index in [1.54, 1.807) is 22.7 Å². The quantitative estimate of drug-likeness (QED) is 0.313. The smallest absolute Gasteiger partial charge is 0.207 e. The molecule has 0 fully saturated rings. The Morgan fingerprint density at radius 3 is 2.45 bits per heavy atom. The second kappa shape index (κ2) is 8.57. The average molecular weight is 486 g/mol. The molecular weight excluding hydrogens is 469 g/mol. The SMILES string of the molecule is Br.Fc1ccc(C2CC(c3cccs3)=NN2c2nc(-c3ccccc3)cs2)cc1. The first-order chi connectivity index (χ1) is 13.8. The Bertz CT molecular complexity index is 1110. The number of benzene rings is 2. The predicted molar refractivity (Wildman–Crippen MR) is 125 cm³/mol. The number of thiazole rings is 1. The predicted octanol–water partition coefficient (Wildman–Crippen LogP) is 6.94. The van der Waals surface area contributed by atoms with Gasteiger partial charge in [-0.15, -0.1) is 39.7 Å².